The molecule has 1 heterocycles. The van der Waals surface area contributed by atoms with Gasteiger partial charge in [-0.15, -0.1) is 0 Å². The highest BCUT2D eigenvalue weighted by Gasteiger charge is 2.27. The Balaban J connectivity index is 2.31. The Morgan fingerprint density at radius 3 is 2.38 bits per heavy atom. The molecule has 4 heteroatoms. The number of fused-ring (bicyclic) bond motifs is 2. The topological polar surface area (TPSA) is 59.9 Å². The highest BCUT2D eigenvalue weighted by molar-refractivity contribution is 6.44. The first-order valence-corrected chi connectivity index (χ1v) is 5.09. The predicted molar refractivity (Wildman–Crippen MR) is 57.2 cm³/mol. The van der Waals surface area contributed by atoms with Crippen molar-refractivity contribution in [1.82, 2.24) is 9.97 Å². The van der Waals surface area contributed by atoms with Gasteiger partial charge < -0.3 is 0 Å². The first kappa shape index (κ1) is 9.15. The van der Waals surface area contributed by atoms with Crippen molar-refractivity contribution < 1.29 is 9.59 Å². The molecule has 0 aliphatic heterocycles. The molecule has 0 atom stereocenters. The van der Waals surface area contributed by atoms with E-state index >= 15 is 0 Å². The fourth-order valence-electron chi connectivity index (χ4n) is 1.87. The molecule has 0 radical (unpaired) electrons. The number of hydrogen-bond donors (Lipinski definition) is 0. The van der Waals surface area contributed by atoms with Crippen LogP contribution in [0.5, 0.6) is 0 Å². The third kappa shape index (κ3) is 1.23. The van der Waals surface area contributed by atoms with E-state index in [1.807, 2.05) is 18.2 Å². The van der Waals surface area contributed by atoms with Gasteiger partial charge in [0.05, 0.1) is 16.7 Å². The van der Waals surface area contributed by atoms with Gasteiger partial charge in [-0.1, -0.05) is 12.1 Å². The van der Waals surface area contributed by atoms with Gasteiger partial charge in [0.1, 0.15) is 5.69 Å². The third-order valence-electron chi connectivity index (χ3n) is 2.70. The maximum Gasteiger partial charge on any atom is 0.248 e. The van der Waals surface area contributed by atoms with Crippen LogP contribution in [-0.2, 0) is 11.2 Å². The van der Waals surface area contributed by atoms with Gasteiger partial charge >= 0.3 is 0 Å². The van der Waals surface area contributed by atoms with Crippen molar-refractivity contribution in [1.29, 1.82) is 0 Å². The van der Waals surface area contributed by atoms with Crippen molar-refractivity contribution in [3.8, 4) is 0 Å². The molecule has 0 bridgehead atoms. The first-order chi connectivity index (χ1) is 7.75. The normalized spacial score (nSPS) is 15.2. The standard InChI is InChI=1S/C12H8N2O2/c15-10-6-5-9-11(12(10)16)14-8-4-2-1-3-7(8)13-9/h1-4H,5-6H2. The zero-order chi connectivity index (χ0) is 11.1. The predicted octanol–water partition coefficient (Wildman–Crippen LogP) is 1.33. The minimum atomic E-state index is -0.500. The molecule has 0 saturated heterocycles. The lowest BCUT2D eigenvalue weighted by atomic mass is 9.97. The van der Waals surface area contributed by atoms with Crippen LogP contribution in [-0.4, -0.2) is 21.5 Å². The van der Waals surface area contributed by atoms with Crippen molar-refractivity contribution in [2.24, 2.45) is 0 Å². The molecule has 0 spiro atoms. The molecule has 1 aliphatic rings. The van der Waals surface area contributed by atoms with Gasteiger partial charge in [0.15, 0.2) is 0 Å². The van der Waals surface area contributed by atoms with E-state index in [0.717, 1.165) is 5.52 Å². The molecule has 3 rings (SSSR count). The maximum absolute atomic E-state index is 11.6. The highest BCUT2D eigenvalue weighted by Crippen LogP contribution is 2.19. The minimum absolute atomic E-state index is 0.231. The second-order valence-electron chi connectivity index (χ2n) is 3.76. The number of Topliss-reactive ketones (excluding diaryl/α,β-unsaturated/α-hetero) is 2. The Bertz CT molecular complexity index is 619. The molecular formula is C12H8N2O2. The molecule has 0 N–H and O–H groups in total. The number of para-hydroxylation sites is 2. The van der Waals surface area contributed by atoms with E-state index in [4.69, 9.17) is 0 Å². The Hall–Kier alpha value is -2.10. The lowest BCUT2D eigenvalue weighted by Crippen LogP contribution is -2.24. The van der Waals surface area contributed by atoms with Crippen LogP contribution in [0.25, 0.3) is 11.0 Å². The van der Waals surface area contributed by atoms with E-state index in [0.29, 0.717) is 17.6 Å². The SMILES string of the molecule is O=C1CCc2nc3ccccc3nc2C1=O. The average Bonchev–Trinajstić information content (AvgIpc) is 2.32. The summed E-state index contributed by atoms with van der Waals surface area (Å²) in [7, 11) is 0. The van der Waals surface area contributed by atoms with Crippen LogP contribution in [0.1, 0.15) is 22.6 Å². The molecule has 78 valence electrons. The summed E-state index contributed by atoms with van der Waals surface area (Å²) in [6.07, 6.45) is 0.761. The van der Waals surface area contributed by atoms with E-state index in [-0.39, 0.29) is 17.9 Å². The zero-order valence-corrected chi connectivity index (χ0v) is 8.43. The second kappa shape index (κ2) is 3.20. The highest BCUT2D eigenvalue weighted by atomic mass is 16.2. The number of benzene rings is 1. The molecule has 0 saturated carbocycles. The fraction of sp³-hybridized carbons (Fsp3) is 0.167. The largest absolute Gasteiger partial charge is 0.290 e. The number of aryl methyl sites for hydroxylation is 1. The van der Waals surface area contributed by atoms with Gasteiger partial charge in [-0.2, -0.15) is 0 Å². The monoisotopic (exact) mass is 212 g/mol. The average molecular weight is 212 g/mol. The quantitative estimate of drug-likeness (QED) is 0.618. The lowest BCUT2D eigenvalue weighted by molar-refractivity contribution is -0.115. The van der Waals surface area contributed by atoms with Crippen LogP contribution in [0.15, 0.2) is 24.3 Å². The van der Waals surface area contributed by atoms with E-state index in [9.17, 15) is 9.59 Å². The van der Waals surface area contributed by atoms with Gasteiger partial charge in [0.25, 0.3) is 0 Å². The fourth-order valence-corrected chi connectivity index (χ4v) is 1.87. The lowest BCUT2D eigenvalue weighted by Gasteiger charge is -2.12. The molecule has 1 aromatic heterocycles. The van der Waals surface area contributed by atoms with Crippen LogP contribution >= 0.6 is 0 Å². The summed E-state index contributed by atoms with van der Waals surface area (Å²) < 4.78 is 0. The van der Waals surface area contributed by atoms with Crippen molar-refractivity contribution in [2.75, 3.05) is 0 Å². The number of carbonyl (C=O) groups excluding carboxylic acids is 2. The van der Waals surface area contributed by atoms with Crippen LogP contribution < -0.4 is 0 Å². The molecule has 4 nitrogen and oxygen atoms in total. The van der Waals surface area contributed by atoms with Gasteiger partial charge in [0, 0.05) is 6.42 Å². The number of rotatable bonds is 0. The number of ketones is 2. The Morgan fingerprint density at radius 2 is 1.62 bits per heavy atom. The smallest absolute Gasteiger partial charge is 0.248 e. The first-order valence-electron chi connectivity index (χ1n) is 5.09. The summed E-state index contributed by atoms with van der Waals surface area (Å²) in [6, 6.07) is 7.34. The van der Waals surface area contributed by atoms with Gasteiger partial charge in [-0.05, 0) is 18.6 Å². The summed E-state index contributed by atoms with van der Waals surface area (Å²) in [5.41, 5.74) is 2.30. The Kier molecular flexibility index (Phi) is 1.83. The molecule has 0 unspecified atom stereocenters. The van der Waals surface area contributed by atoms with Crippen molar-refractivity contribution in [2.45, 2.75) is 12.8 Å². The molecule has 1 aliphatic carbocycles. The molecule has 0 fully saturated rings. The summed E-state index contributed by atoms with van der Waals surface area (Å²) >= 11 is 0. The van der Waals surface area contributed by atoms with E-state index < -0.39 is 5.78 Å². The summed E-state index contributed by atoms with van der Waals surface area (Å²) in [5, 5.41) is 0. The van der Waals surface area contributed by atoms with Crippen LogP contribution in [0.2, 0.25) is 0 Å². The van der Waals surface area contributed by atoms with E-state index in [2.05, 4.69) is 9.97 Å². The van der Waals surface area contributed by atoms with E-state index in [1.54, 1.807) is 6.07 Å². The van der Waals surface area contributed by atoms with Crippen molar-refractivity contribution in [3.05, 3.63) is 35.7 Å². The van der Waals surface area contributed by atoms with Crippen LogP contribution in [0.4, 0.5) is 0 Å². The Morgan fingerprint density at radius 1 is 0.938 bits per heavy atom. The molecule has 0 amide bonds. The van der Waals surface area contributed by atoms with Gasteiger partial charge in [0.2, 0.25) is 11.6 Å². The summed E-state index contributed by atoms with van der Waals surface area (Å²) in [5.74, 6) is -0.864. The summed E-state index contributed by atoms with van der Waals surface area (Å²) in [4.78, 5) is 31.5. The van der Waals surface area contributed by atoms with E-state index in [1.165, 1.54) is 0 Å². The molecule has 2 aromatic rings. The van der Waals surface area contributed by atoms with Gasteiger partial charge in [-0.25, -0.2) is 9.97 Å². The maximum atomic E-state index is 11.6. The summed E-state index contributed by atoms with van der Waals surface area (Å²) in [6.45, 7) is 0. The number of nitrogens with zero attached hydrogens (tertiary/aromatic N) is 2. The van der Waals surface area contributed by atoms with Gasteiger partial charge in [-0.3, -0.25) is 9.59 Å². The zero-order valence-electron chi connectivity index (χ0n) is 8.43. The van der Waals surface area contributed by atoms with Crippen LogP contribution in [0.3, 0.4) is 0 Å². The number of hydrogen-bond acceptors (Lipinski definition) is 4. The second-order valence-corrected chi connectivity index (χ2v) is 3.76. The molecule has 16 heavy (non-hydrogen) atoms. The minimum Gasteiger partial charge on any atom is -0.290 e. The molecule has 1 aromatic carbocycles. The van der Waals surface area contributed by atoms with Crippen molar-refractivity contribution in [3.63, 3.8) is 0 Å². The van der Waals surface area contributed by atoms with Crippen LogP contribution in [0, 0.1) is 0 Å². The Labute approximate surface area is 91.3 Å². The number of aromatic nitrogens is 2. The van der Waals surface area contributed by atoms with Crippen molar-refractivity contribution >= 4 is 22.6 Å². The third-order valence-corrected chi connectivity index (χ3v) is 2.70. The number of carbonyl (C=O) groups is 2. The molecular weight excluding hydrogens is 204 g/mol.